The Bertz CT molecular complexity index is 469. The molecule has 1 aliphatic rings. The second-order valence-electron chi connectivity index (χ2n) is 5.51. The molecule has 0 bridgehead atoms. The molecule has 21 heavy (non-hydrogen) atoms. The normalized spacial score (nSPS) is 24.9. The molecule has 2 rings (SSSR count). The molecule has 116 valence electrons. The smallest absolute Gasteiger partial charge is 0.229 e. The first-order valence-electron chi connectivity index (χ1n) is 7.38. The second kappa shape index (κ2) is 7.56. The molecule has 1 saturated heterocycles. The van der Waals surface area contributed by atoms with E-state index < -0.39 is 6.10 Å². The zero-order valence-electron chi connectivity index (χ0n) is 12.5. The van der Waals surface area contributed by atoms with E-state index in [1.54, 1.807) is 18.7 Å². The van der Waals surface area contributed by atoms with Gasteiger partial charge in [-0.1, -0.05) is 44.2 Å². The minimum atomic E-state index is -0.582. The summed E-state index contributed by atoms with van der Waals surface area (Å²) in [5, 5.41) is 9.94. The zero-order chi connectivity index (χ0) is 15.4. The summed E-state index contributed by atoms with van der Waals surface area (Å²) >= 11 is 6.22. The number of aliphatic hydroxyl groups excluding tert-OH is 1. The van der Waals surface area contributed by atoms with E-state index in [2.05, 4.69) is 24.8 Å². The number of hydrogen-bond acceptors (Lipinski definition) is 4. The molecule has 1 aromatic carbocycles. The second-order valence-corrected chi connectivity index (χ2v) is 7.46. The van der Waals surface area contributed by atoms with Crippen LogP contribution < -0.4 is 0 Å². The third-order valence-corrected chi connectivity index (χ3v) is 5.82. The monoisotopic (exact) mass is 325 g/mol. The van der Waals surface area contributed by atoms with Crippen LogP contribution in [0.1, 0.15) is 25.8 Å². The van der Waals surface area contributed by atoms with E-state index in [0.717, 1.165) is 12.2 Å². The molecule has 1 N–H and O–H groups in total. The van der Waals surface area contributed by atoms with E-state index in [-0.39, 0.29) is 22.6 Å². The maximum atomic E-state index is 12.7. The largest absolute Gasteiger partial charge is 0.392 e. The molecule has 1 aromatic rings. The lowest BCUT2D eigenvalue weighted by molar-refractivity contribution is -0.139. The number of rotatable bonds is 5. The molecule has 1 aliphatic heterocycles. The number of aliphatic hydroxyl groups is 1. The van der Waals surface area contributed by atoms with Gasteiger partial charge in [0.25, 0.3) is 0 Å². The Morgan fingerprint density at radius 3 is 2.76 bits per heavy atom. The van der Waals surface area contributed by atoms with Gasteiger partial charge < -0.3 is 10.0 Å². The van der Waals surface area contributed by atoms with Crippen molar-refractivity contribution in [1.29, 1.82) is 0 Å². The highest BCUT2D eigenvalue weighted by Gasteiger charge is 2.38. The summed E-state index contributed by atoms with van der Waals surface area (Å²) in [5.74, 6) is 0.529. The Morgan fingerprint density at radius 2 is 2.14 bits per heavy atom. The van der Waals surface area contributed by atoms with Gasteiger partial charge >= 0.3 is 0 Å². The highest BCUT2D eigenvalue weighted by Crippen LogP contribution is 2.34. The average molecular weight is 325 g/mol. The molecule has 4 atom stereocenters. The first-order chi connectivity index (χ1) is 10.0. The van der Waals surface area contributed by atoms with Crippen molar-refractivity contribution in [2.75, 3.05) is 5.75 Å². The molecular formula is C16H23NO2S2. The van der Waals surface area contributed by atoms with Crippen molar-refractivity contribution < 1.29 is 9.90 Å². The number of thiol groups is 1. The standard InChI is InChI=1S/C16H23NO2S2/c1-3-14(18)11(2)15(19)17-13(10-21-16(17)20)9-12-7-5-4-6-8-12/h4-8,11,13-14,16,18,20H,3,9-10H2,1-2H3/t11-,13+,14+,16+/m1/s1. The summed E-state index contributed by atoms with van der Waals surface area (Å²) in [6.45, 7) is 3.70. The number of carbonyl (C=O) groups is 1. The first-order valence-corrected chi connectivity index (χ1v) is 8.95. The van der Waals surface area contributed by atoms with Crippen molar-refractivity contribution in [3.8, 4) is 0 Å². The number of thioether (sulfide) groups is 1. The van der Waals surface area contributed by atoms with Gasteiger partial charge in [-0.15, -0.1) is 24.4 Å². The first kappa shape index (κ1) is 16.7. The fourth-order valence-corrected chi connectivity index (χ4v) is 4.29. The Hall–Kier alpha value is -0.650. The van der Waals surface area contributed by atoms with Gasteiger partial charge in [-0.2, -0.15) is 0 Å². The number of nitrogens with zero attached hydrogens (tertiary/aromatic N) is 1. The Balaban J connectivity index is 2.09. The fourth-order valence-electron chi connectivity index (χ4n) is 2.62. The van der Waals surface area contributed by atoms with Crippen LogP contribution in [0.3, 0.4) is 0 Å². The van der Waals surface area contributed by atoms with Gasteiger partial charge in [-0.25, -0.2) is 0 Å². The number of amides is 1. The van der Waals surface area contributed by atoms with E-state index in [1.807, 2.05) is 30.0 Å². The third-order valence-electron chi connectivity index (χ3n) is 4.02. The molecule has 3 nitrogen and oxygen atoms in total. The maximum absolute atomic E-state index is 12.7. The molecule has 0 radical (unpaired) electrons. The Morgan fingerprint density at radius 1 is 1.48 bits per heavy atom. The molecule has 0 unspecified atom stereocenters. The quantitative estimate of drug-likeness (QED) is 0.818. The van der Waals surface area contributed by atoms with Crippen molar-refractivity contribution in [1.82, 2.24) is 4.90 Å². The minimum absolute atomic E-state index is 0.00952. The lowest BCUT2D eigenvalue weighted by Crippen LogP contribution is -2.46. The number of benzene rings is 1. The summed E-state index contributed by atoms with van der Waals surface area (Å²) in [4.78, 5) is 14.5. The van der Waals surface area contributed by atoms with E-state index in [9.17, 15) is 9.90 Å². The summed E-state index contributed by atoms with van der Waals surface area (Å²) in [5.41, 5.74) is 1.23. The number of hydrogen-bond donors (Lipinski definition) is 2. The third kappa shape index (κ3) is 3.96. The average Bonchev–Trinajstić information content (AvgIpc) is 2.86. The van der Waals surface area contributed by atoms with Gasteiger partial charge in [0.2, 0.25) is 5.91 Å². The maximum Gasteiger partial charge on any atom is 0.229 e. The molecule has 1 heterocycles. The summed E-state index contributed by atoms with van der Waals surface area (Å²) in [7, 11) is 0. The molecule has 0 spiro atoms. The molecule has 1 amide bonds. The predicted molar refractivity (Wildman–Crippen MR) is 91.5 cm³/mol. The topological polar surface area (TPSA) is 40.5 Å². The van der Waals surface area contributed by atoms with Gasteiger partial charge in [-0.3, -0.25) is 4.79 Å². The van der Waals surface area contributed by atoms with Crippen LogP contribution in [0.2, 0.25) is 0 Å². The van der Waals surface area contributed by atoms with Crippen LogP contribution in [0.5, 0.6) is 0 Å². The van der Waals surface area contributed by atoms with Gasteiger partial charge in [0, 0.05) is 11.8 Å². The van der Waals surface area contributed by atoms with Gasteiger partial charge in [0.15, 0.2) is 0 Å². The molecule has 0 saturated carbocycles. The van der Waals surface area contributed by atoms with E-state index in [0.29, 0.717) is 6.42 Å². The summed E-state index contributed by atoms with van der Waals surface area (Å²) < 4.78 is -0.113. The van der Waals surface area contributed by atoms with Gasteiger partial charge in [0.05, 0.1) is 12.0 Å². The fraction of sp³-hybridized carbons (Fsp3) is 0.562. The van der Waals surface area contributed by atoms with Crippen LogP contribution in [0, 0.1) is 5.92 Å². The van der Waals surface area contributed by atoms with Crippen LogP contribution in [-0.2, 0) is 11.2 Å². The SMILES string of the molecule is CC[C@H](O)[C@@H](C)C(=O)N1[C@@H](Cc2ccccc2)CS[C@@H]1S. The van der Waals surface area contributed by atoms with Crippen molar-refractivity contribution in [2.45, 2.75) is 43.5 Å². The van der Waals surface area contributed by atoms with Crippen molar-refractivity contribution >= 4 is 30.3 Å². The molecular weight excluding hydrogens is 302 g/mol. The lowest BCUT2D eigenvalue weighted by Gasteiger charge is -2.31. The van der Waals surface area contributed by atoms with Crippen LogP contribution >= 0.6 is 24.4 Å². The minimum Gasteiger partial charge on any atom is -0.392 e. The van der Waals surface area contributed by atoms with Crippen LogP contribution in [-0.4, -0.2) is 38.5 Å². The van der Waals surface area contributed by atoms with E-state index in [4.69, 9.17) is 0 Å². The molecule has 0 aromatic heterocycles. The highest BCUT2D eigenvalue weighted by atomic mass is 32.2. The van der Waals surface area contributed by atoms with E-state index >= 15 is 0 Å². The highest BCUT2D eigenvalue weighted by molar-refractivity contribution is 8.10. The summed E-state index contributed by atoms with van der Waals surface area (Å²) in [6.07, 6.45) is 0.848. The van der Waals surface area contributed by atoms with Crippen molar-refractivity contribution in [3.05, 3.63) is 35.9 Å². The lowest BCUT2D eigenvalue weighted by atomic mass is 9.99. The zero-order valence-corrected chi connectivity index (χ0v) is 14.2. The Labute approximate surface area is 136 Å². The molecule has 1 fully saturated rings. The van der Waals surface area contributed by atoms with Crippen molar-refractivity contribution in [2.24, 2.45) is 5.92 Å². The predicted octanol–water partition coefficient (Wildman–Crippen LogP) is 2.79. The number of carbonyl (C=O) groups excluding carboxylic acids is 1. The van der Waals surface area contributed by atoms with E-state index in [1.165, 1.54) is 5.56 Å². The van der Waals surface area contributed by atoms with Crippen LogP contribution in [0.4, 0.5) is 0 Å². The van der Waals surface area contributed by atoms with Crippen molar-refractivity contribution in [3.63, 3.8) is 0 Å². The molecule has 5 heteroatoms. The Kier molecular flexibility index (Phi) is 6.02. The van der Waals surface area contributed by atoms with Crippen LogP contribution in [0.25, 0.3) is 0 Å². The summed E-state index contributed by atoms with van der Waals surface area (Å²) in [6, 6.07) is 10.4. The van der Waals surface area contributed by atoms with Gasteiger partial charge in [-0.05, 0) is 18.4 Å². The van der Waals surface area contributed by atoms with Gasteiger partial charge in [0.1, 0.15) is 4.71 Å². The molecule has 0 aliphatic carbocycles. The van der Waals surface area contributed by atoms with Crippen LogP contribution in [0.15, 0.2) is 30.3 Å².